The number of rotatable bonds is 7. The number of likely N-dealkylation sites (N-methyl/N-ethyl adjacent to an activating group) is 1. The van der Waals surface area contributed by atoms with E-state index in [9.17, 15) is 0 Å². The predicted octanol–water partition coefficient (Wildman–Crippen LogP) is -0.290. The lowest BCUT2D eigenvalue weighted by molar-refractivity contribution is 0.102. The highest BCUT2D eigenvalue weighted by atomic mass is 16.5. The molecule has 0 aromatic carbocycles. The monoisotopic (exact) mass is 174 g/mol. The molecule has 0 rings (SSSR count). The Kier molecular flexibility index (Phi) is 6.75. The van der Waals surface area contributed by atoms with Crippen molar-refractivity contribution in [3.05, 3.63) is 12.3 Å². The quantitative estimate of drug-likeness (QED) is 0.411. The summed E-state index contributed by atoms with van der Waals surface area (Å²) in [5, 5.41) is 2.99. The Morgan fingerprint density at radius 1 is 1.58 bits per heavy atom. The molecule has 4 nitrogen and oxygen atoms in total. The minimum absolute atomic E-state index is 0.0295. The van der Waals surface area contributed by atoms with Gasteiger partial charge in [-0.15, -0.1) is 0 Å². The molecule has 0 radical (unpaired) electrons. The first-order valence-corrected chi connectivity index (χ1v) is 3.94. The van der Waals surface area contributed by atoms with Gasteiger partial charge in [-0.1, -0.05) is 6.58 Å². The highest BCUT2D eigenvalue weighted by Gasteiger charge is 2.08. The normalized spacial score (nSPS) is 12.6. The number of hydrogen-bond acceptors (Lipinski definition) is 4. The van der Waals surface area contributed by atoms with Crippen LogP contribution in [0.1, 0.15) is 0 Å². The molecule has 4 heteroatoms. The summed E-state index contributed by atoms with van der Waals surface area (Å²) in [5.74, 6) is 0.664. The van der Waals surface area contributed by atoms with Crippen LogP contribution in [0.4, 0.5) is 0 Å². The van der Waals surface area contributed by atoms with Gasteiger partial charge in [-0.05, 0) is 7.05 Å². The summed E-state index contributed by atoms with van der Waals surface area (Å²) in [4.78, 5) is 0. The van der Waals surface area contributed by atoms with Crippen LogP contribution < -0.4 is 11.1 Å². The molecule has 0 fully saturated rings. The van der Waals surface area contributed by atoms with Crippen molar-refractivity contribution in [3.63, 3.8) is 0 Å². The van der Waals surface area contributed by atoms with E-state index in [0.29, 0.717) is 25.5 Å². The Bertz CT molecular complexity index is 124. The number of methoxy groups -OCH3 is 1. The number of nitrogens with two attached hydrogens (primary N) is 1. The topological polar surface area (TPSA) is 56.5 Å². The maximum Gasteiger partial charge on any atom is 0.111 e. The van der Waals surface area contributed by atoms with Crippen LogP contribution in [-0.2, 0) is 9.47 Å². The molecular formula is C8H18N2O2. The van der Waals surface area contributed by atoms with Gasteiger partial charge in [0.15, 0.2) is 0 Å². The van der Waals surface area contributed by atoms with E-state index in [2.05, 4.69) is 11.9 Å². The van der Waals surface area contributed by atoms with Gasteiger partial charge in [-0.2, -0.15) is 0 Å². The highest BCUT2D eigenvalue weighted by Crippen LogP contribution is 1.99. The first-order chi connectivity index (χ1) is 5.76. The van der Waals surface area contributed by atoms with Crippen molar-refractivity contribution in [2.24, 2.45) is 5.73 Å². The number of ether oxygens (including phenoxy) is 2. The standard InChI is InChI=1S/C8H18N2O2/c1-7(8(6-9)10-2)12-5-4-11-3/h8,10H,1,4-6,9H2,2-3H3/t8-/m1/s1. The third-order valence-corrected chi connectivity index (χ3v) is 1.55. The molecule has 0 bridgehead atoms. The minimum atomic E-state index is 0.0295. The van der Waals surface area contributed by atoms with E-state index in [4.69, 9.17) is 15.2 Å². The van der Waals surface area contributed by atoms with Gasteiger partial charge >= 0.3 is 0 Å². The van der Waals surface area contributed by atoms with Gasteiger partial charge < -0.3 is 20.5 Å². The van der Waals surface area contributed by atoms with E-state index < -0.39 is 0 Å². The van der Waals surface area contributed by atoms with E-state index in [0.717, 1.165) is 0 Å². The van der Waals surface area contributed by atoms with E-state index in [1.54, 1.807) is 7.11 Å². The molecule has 0 aliphatic heterocycles. The van der Waals surface area contributed by atoms with Crippen LogP contribution >= 0.6 is 0 Å². The van der Waals surface area contributed by atoms with Crippen molar-refractivity contribution in [3.8, 4) is 0 Å². The summed E-state index contributed by atoms with van der Waals surface area (Å²) >= 11 is 0. The molecule has 0 saturated carbocycles. The summed E-state index contributed by atoms with van der Waals surface area (Å²) in [6.45, 7) is 5.33. The van der Waals surface area contributed by atoms with Gasteiger partial charge in [0.05, 0.1) is 12.6 Å². The molecule has 0 aliphatic rings. The third-order valence-electron chi connectivity index (χ3n) is 1.55. The zero-order chi connectivity index (χ0) is 9.40. The molecule has 0 saturated heterocycles. The molecule has 0 amide bonds. The molecule has 0 aromatic heterocycles. The fourth-order valence-corrected chi connectivity index (χ4v) is 0.767. The lowest BCUT2D eigenvalue weighted by Gasteiger charge is -2.17. The van der Waals surface area contributed by atoms with Crippen LogP contribution in [0.15, 0.2) is 12.3 Å². The summed E-state index contributed by atoms with van der Waals surface area (Å²) in [6.07, 6.45) is 0. The van der Waals surface area contributed by atoms with Crippen molar-refractivity contribution < 1.29 is 9.47 Å². The van der Waals surface area contributed by atoms with Gasteiger partial charge in [0.25, 0.3) is 0 Å². The van der Waals surface area contributed by atoms with Gasteiger partial charge in [-0.3, -0.25) is 0 Å². The zero-order valence-corrected chi connectivity index (χ0v) is 7.80. The Labute approximate surface area is 73.7 Å². The first-order valence-electron chi connectivity index (χ1n) is 3.94. The zero-order valence-electron chi connectivity index (χ0n) is 7.80. The molecule has 0 heterocycles. The smallest absolute Gasteiger partial charge is 0.111 e. The fraction of sp³-hybridized carbons (Fsp3) is 0.750. The van der Waals surface area contributed by atoms with E-state index in [1.165, 1.54) is 0 Å². The average molecular weight is 174 g/mol. The maximum atomic E-state index is 5.45. The van der Waals surface area contributed by atoms with E-state index in [-0.39, 0.29) is 6.04 Å². The fourth-order valence-electron chi connectivity index (χ4n) is 0.767. The second kappa shape index (κ2) is 7.09. The molecule has 0 unspecified atom stereocenters. The van der Waals surface area contributed by atoms with Crippen molar-refractivity contribution in [1.29, 1.82) is 0 Å². The average Bonchev–Trinajstić information content (AvgIpc) is 2.07. The molecule has 0 aromatic rings. The van der Waals surface area contributed by atoms with Crippen LogP contribution in [0.3, 0.4) is 0 Å². The first kappa shape index (κ1) is 11.4. The maximum absolute atomic E-state index is 5.45. The molecule has 12 heavy (non-hydrogen) atoms. The van der Waals surface area contributed by atoms with Gasteiger partial charge in [0.2, 0.25) is 0 Å². The van der Waals surface area contributed by atoms with Crippen LogP contribution in [0.25, 0.3) is 0 Å². The predicted molar refractivity (Wildman–Crippen MR) is 48.9 cm³/mol. The lowest BCUT2D eigenvalue weighted by atomic mass is 10.2. The summed E-state index contributed by atoms with van der Waals surface area (Å²) < 4.78 is 10.1. The molecule has 1 atom stereocenters. The highest BCUT2D eigenvalue weighted by molar-refractivity contribution is 4.96. The molecule has 0 spiro atoms. The molecule has 0 aliphatic carbocycles. The van der Waals surface area contributed by atoms with Gasteiger partial charge in [0, 0.05) is 13.7 Å². The lowest BCUT2D eigenvalue weighted by Crippen LogP contribution is -2.35. The molecule has 72 valence electrons. The Hall–Kier alpha value is -0.580. The number of nitrogens with one attached hydrogen (secondary N) is 1. The summed E-state index contributed by atoms with van der Waals surface area (Å²) in [6, 6.07) is 0.0295. The van der Waals surface area contributed by atoms with Crippen molar-refractivity contribution in [2.75, 3.05) is 33.9 Å². The van der Waals surface area contributed by atoms with Crippen molar-refractivity contribution in [2.45, 2.75) is 6.04 Å². The van der Waals surface area contributed by atoms with Crippen molar-refractivity contribution in [1.82, 2.24) is 5.32 Å². The van der Waals surface area contributed by atoms with Gasteiger partial charge in [-0.25, -0.2) is 0 Å². The second-order valence-electron chi connectivity index (χ2n) is 2.38. The Morgan fingerprint density at radius 3 is 2.67 bits per heavy atom. The van der Waals surface area contributed by atoms with Crippen molar-refractivity contribution >= 4 is 0 Å². The number of hydrogen-bond donors (Lipinski definition) is 2. The largest absolute Gasteiger partial charge is 0.494 e. The van der Waals surface area contributed by atoms with Crippen LogP contribution in [0.5, 0.6) is 0 Å². The van der Waals surface area contributed by atoms with E-state index in [1.807, 2.05) is 7.05 Å². The van der Waals surface area contributed by atoms with Crippen LogP contribution in [0.2, 0.25) is 0 Å². The van der Waals surface area contributed by atoms with Gasteiger partial charge in [0.1, 0.15) is 12.4 Å². The second-order valence-corrected chi connectivity index (χ2v) is 2.38. The van der Waals surface area contributed by atoms with Crippen LogP contribution in [-0.4, -0.2) is 40.0 Å². The molecular weight excluding hydrogens is 156 g/mol. The SMILES string of the molecule is C=C(OCCOC)[C@@H](CN)NC. The van der Waals surface area contributed by atoms with E-state index >= 15 is 0 Å². The summed E-state index contributed by atoms with van der Waals surface area (Å²) in [5.41, 5.74) is 5.45. The Morgan fingerprint density at radius 2 is 2.25 bits per heavy atom. The van der Waals surface area contributed by atoms with Crippen LogP contribution in [0, 0.1) is 0 Å². The third kappa shape index (κ3) is 4.33. The Balaban J connectivity index is 3.54. The summed E-state index contributed by atoms with van der Waals surface area (Å²) in [7, 11) is 3.45. The molecule has 3 N–H and O–H groups in total. The minimum Gasteiger partial charge on any atom is -0.494 e.